The Balaban J connectivity index is 1.87. The van der Waals surface area contributed by atoms with Gasteiger partial charge >= 0.3 is 0 Å². The van der Waals surface area contributed by atoms with E-state index in [-0.39, 0.29) is 6.04 Å². The van der Waals surface area contributed by atoms with E-state index >= 15 is 0 Å². The van der Waals surface area contributed by atoms with Crippen LogP contribution in [0.3, 0.4) is 0 Å². The Kier molecular flexibility index (Phi) is 4.00. The van der Waals surface area contributed by atoms with Gasteiger partial charge in [-0.1, -0.05) is 0 Å². The molecule has 3 heteroatoms. The fourth-order valence-corrected chi connectivity index (χ4v) is 3.47. The summed E-state index contributed by atoms with van der Waals surface area (Å²) in [7, 11) is 0. The van der Waals surface area contributed by atoms with Gasteiger partial charge < -0.3 is 10.5 Å². The molecule has 0 spiro atoms. The summed E-state index contributed by atoms with van der Waals surface area (Å²) in [5, 5.41) is 0. The number of nitrogens with two attached hydrogens (primary N) is 1. The van der Waals surface area contributed by atoms with E-state index in [0.717, 1.165) is 19.4 Å². The summed E-state index contributed by atoms with van der Waals surface area (Å²) in [6, 6.07) is 2.43. The molecule has 0 saturated carbocycles. The van der Waals surface area contributed by atoms with Gasteiger partial charge in [-0.2, -0.15) is 0 Å². The summed E-state index contributed by atoms with van der Waals surface area (Å²) in [6.07, 6.45) is 5.06. The minimum Gasteiger partial charge on any atom is -0.378 e. The molecule has 2 atom stereocenters. The van der Waals surface area contributed by atoms with Crippen molar-refractivity contribution in [2.24, 2.45) is 5.73 Å². The van der Waals surface area contributed by atoms with Crippen LogP contribution in [0.1, 0.15) is 47.0 Å². The van der Waals surface area contributed by atoms with Crippen molar-refractivity contribution in [2.75, 3.05) is 6.61 Å². The molecule has 1 fully saturated rings. The highest BCUT2D eigenvalue weighted by Gasteiger charge is 2.18. The Morgan fingerprint density at radius 1 is 1.56 bits per heavy atom. The van der Waals surface area contributed by atoms with Crippen molar-refractivity contribution in [1.29, 1.82) is 0 Å². The van der Waals surface area contributed by atoms with Crippen LogP contribution in [0.5, 0.6) is 0 Å². The third-order valence-corrected chi connectivity index (χ3v) is 4.52. The Bertz CT molecular complexity index is 342. The Morgan fingerprint density at radius 2 is 2.38 bits per heavy atom. The Hall–Kier alpha value is -0.380. The number of rotatable bonds is 4. The van der Waals surface area contributed by atoms with Crippen LogP contribution in [0.15, 0.2) is 6.07 Å². The summed E-state index contributed by atoms with van der Waals surface area (Å²) < 4.78 is 5.62. The molecule has 1 aliphatic rings. The number of ether oxygens (including phenoxy) is 1. The zero-order valence-corrected chi connectivity index (χ0v) is 11.0. The van der Waals surface area contributed by atoms with E-state index in [2.05, 4.69) is 19.9 Å². The third kappa shape index (κ3) is 2.84. The molecule has 2 heterocycles. The predicted molar refractivity (Wildman–Crippen MR) is 68.9 cm³/mol. The van der Waals surface area contributed by atoms with E-state index < -0.39 is 0 Å². The maximum Gasteiger partial charge on any atom is 0.0576 e. The van der Waals surface area contributed by atoms with Gasteiger partial charge in [-0.3, -0.25) is 0 Å². The number of thiophene rings is 1. The molecule has 2 N–H and O–H groups in total. The molecule has 1 aliphatic heterocycles. The molecular formula is C13H21NOS. The standard InChI is InChI=1S/C13H21NOS/c1-9-8-10(2)16-13(9)12(14)6-5-11-4-3-7-15-11/h8,11-12H,3-7,14H2,1-2H3. The first-order valence-electron chi connectivity index (χ1n) is 6.11. The number of aryl methyl sites for hydroxylation is 2. The first-order valence-corrected chi connectivity index (χ1v) is 6.92. The van der Waals surface area contributed by atoms with Crippen molar-refractivity contribution in [1.82, 2.24) is 0 Å². The second-order valence-corrected chi connectivity index (χ2v) is 6.01. The second kappa shape index (κ2) is 5.30. The van der Waals surface area contributed by atoms with Gasteiger partial charge in [0.25, 0.3) is 0 Å². The van der Waals surface area contributed by atoms with Crippen LogP contribution < -0.4 is 5.73 Å². The average molecular weight is 239 g/mol. The predicted octanol–water partition coefficient (Wildman–Crippen LogP) is 3.32. The smallest absolute Gasteiger partial charge is 0.0576 e. The summed E-state index contributed by atoms with van der Waals surface area (Å²) in [5.41, 5.74) is 7.59. The van der Waals surface area contributed by atoms with Crippen molar-refractivity contribution in [3.8, 4) is 0 Å². The third-order valence-electron chi connectivity index (χ3n) is 3.24. The fraction of sp³-hybridized carbons (Fsp3) is 0.692. The zero-order chi connectivity index (χ0) is 11.5. The fourth-order valence-electron chi connectivity index (χ4n) is 2.40. The minimum atomic E-state index is 0.197. The van der Waals surface area contributed by atoms with Crippen LogP contribution in [0.4, 0.5) is 0 Å². The quantitative estimate of drug-likeness (QED) is 0.874. The maximum absolute atomic E-state index is 6.24. The molecule has 0 radical (unpaired) electrons. The second-order valence-electron chi connectivity index (χ2n) is 4.72. The molecule has 2 nitrogen and oxygen atoms in total. The average Bonchev–Trinajstić information content (AvgIpc) is 2.84. The molecule has 0 aliphatic carbocycles. The van der Waals surface area contributed by atoms with Gasteiger partial charge in [-0.15, -0.1) is 11.3 Å². The molecule has 0 amide bonds. The van der Waals surface area contributed by atoms with E-state index in [4.69, 9.17) is 10.5 Å². The lowest BCUT2D eigenvalue weighted by molar-refractivity contribution is 0.101. The van der Waals surface area contributed by atoms with Gasteiger partial charge in [0, 0.05) is 22.4 Å². The summed E-state index contributed by atoms with van der Waals surface area (Å²) >= 11 is 1.84. The molecule has 0 aromatic carbocycles. The molecule has 1 aromatic heterocycles. The van der Waals surface area contributed by atoms with Crippen molar-refractivity contribution in [2.45, 2.75) is 51.7 Å². The van der Waals surface area contributed by atoms with Crippen LogP contribution in [-0.2, 0) is 4.74 Å². The highest BCUT2D eigenvalue weighted by atomic mass is 32.1. The molecule has 90 valence electrons. The lowest BCUT2D eigenvalue weighted by Crippen LogP contribution is -2.14. The molecule has 2 rings (SSSR count). The molecule has 2 unspecified atom stereocenters. The van der Waals surface area contributed by atoms with E-state index in [1.54, 1.807) is 0 Å². The largest absolute Gasteiger partial charge is 0.378 e. The molecular weight excluding hydrogens is 218 g/mol. The molecule has 1 aromatic rings. The minimum absolute atomic E-state index is 0.197. The SMILES string of the molecule is Cc1cc(C)c(C(N)CCC2CCCO2)s1. The van der Waals surface area contributed by atoms with Crippen molar-refractivity contribution in [3.05, 3.63) is 21.4 Å². The van der Waals surface area contributed by atoms with Gasteiger partial charge in [0.2, 0.25) is 0 Å². The van der Waals surface area contributed by atoms with Crippen molar-refractivity contribution in [3.63, 3.8) is 0 Å². The monoisotopic (exact) mass is 239 g/mol. The van der Waals surface area contributed by atoms with E-state index in [1.807, 2.05) is 11.3 Å². The lowest BCUT2D eigenvalue weighted by atomic mass is 10.0. The van der Waals surface area contributed by atoms with Gasteiger partial charge in [-0.25, -0.2) is 0 Å². The lowest BCUT2D eigenvalue weighted by Gasteiger charge is -2.14. The number of hydrogen-bond acceptors (Lipinski definition) is 3. The first-order chi connectivity index (χ1) is 7.66. The maximum atomic E-state index is 6.24. The highest BCUT2D eigenvalue weighted by molar-refractivity contribution is 7.12. The van der Waals surface area contributed by atoms with Crippen molar-refractivity contribution < 1.29 is 4.74 Å². The highest BCUT2D eigenvalue weighted by Crippen LogP contribution is 2.30. The molecule has 16 heavy (non-hydrogen) atoms. The van der Waals surface area contributed by atoms with E-state index in [0.29, 0.717) is 6.10 Å². The van der Waals surface area contributed by atoms with Crippen LogP contribution >= 0.6 is 11.3 Å². The summed E-state index contributed by atoms with van der Waals surface area (Å²) in [5.74, 6) is 0. The molecule has 1 saturated heterocycles. The summed E-state index contributed by atoms with van der Waals surface area (Å²) in [4.78, 5) is 2.72. The van der Waals surface area contributed by atoms with Gasteiger partial charge in [0.15, 0.2) is 0 Å². The molecule has 0 bridgehead atoms. The summed E-state index contributed by atoms with van der Waals surface area (Å²) in [6.45, 7) is 5.25. The van der Waals surface area contributed by atoms with Crippen LogP contribution in [0.2, 0.25) is 0 Å². The van der Waals surface area contributed by atoms with Gasteiger partial charge in [0.05, 0.1) is 6.10 Å². The topological polar surface area (TPSA) is 35.2 Å². The Labute approximate surface area is 102 Å². The normalized spacial score (nSPS) is 22.6. The van der Waals surface area contributed by atoms with Crippen LogP contribution in [0, 0.1) is 13.8 Å². The van der Waals surface area contributed by atoms with Gasteiger partial charge in [-0.05, 0) is 51.2 Å². The number of hydrogen-bond donors (Lipinski definition) is 1. The van der Waals surface area contributed by atoms with Gasteiger partial charge in [0.1, 0.15) is 0 Å². The van der Waals surface area contributed by atoms with E-state index in [1.165, 1.54) is 28.2 Å². The van der Waals surface area contributed by atoms with Crippen LogP contribution in [0.25, 0.3) is 0 Å². The van der Waals surface area contributed by atoms with E-state index in [9.17, 15) is 0 Å². The zero-order valence-electron chi connectivity index (χ0n) is 10.2. The van der Waals surface area contributed by atoms with Crippen molar-refractivity contribution >= 4 is 11.3 Å². The first kappa shape index (κ1) is 12.1. The van der Waals surface area contributed by atoms with Crippen LogP contribution in [-0.4, -0.2) is 12.7 Å². The Morgan fingerprint density at radius 3 is 2.94 bits per heavy atom.